The Morgan fingerprint density at radius 3 is 2.40 bits per heavy atom. The molecule has 0 unspecified atom stereocenters. The first-order valence-electron chi connectivity index (χ1n) is 14.4. The molecule has 1 N–H and O–H groups in total. The van der Waals surface area contributed by atoms with Gasteiger partial charge in [-0.1, -0.05) is 36.4 Å². The molecule has 0 saturated carbocycles. The molecule has 214 valence electrons. The Hall–Kier alpha value is -4.55. The number of carbonyl (C=O) groups excluding carboxylic acids is 3. The summed E-state index contributed by atoms with van der Waals surface area (Å²) in [5.41, 5.74) is 6.05. The second-order valence-electron chi connectivity index (χ2n) is 11.2. The van der Waals surface area contributed by atoms with Crippen molar-refractivity contribution in [3.8, 4) is 6.07 Å². The van der Waals surface area contributed by atoms with E-state index in [0.717, 1.165) is 56.7 Å². The maximum atomic E-state index is 14.4. The maximum absolute atomic E-state index is 14.4. The molecule has 2 saturated heterocycles. The number of imide groups is 1. The Labute approximate surface area is 244 Å². The highest BCUT2D eigenvalue weighted by Gasteiger charge is 2.39. The number of aryl methyl sites for hydroxylation is 2. The molecule has 6 rings (SSSR count). The number of amides is 3. The minimum absolute atomic E-state index is 0.145. The first kappa shape index (κ1) is 27.6. The lowest BCUT2D eigenvalue weighted by molar-refractivity contribution is -0.136. The molecule has 0 aliphatic carbocycles. The van der Waals surface area contributed by atoms with Gasteiger partial charge in [-0.2, -0.15) is 5.26 Å². The van der Waals surface area contributed by atoms with E-state index in [1.54, 1.807) is 17.0 Å². The van der Waals surface area contributed by atoms with Crippen molar-refractivity contribution in [1.82, 2.24) is 15.1 Å². The molecule has 3 heterocycles. The number of hydrogen-bond donors (Lipinski definition) is 1. The van der Waals surface area contributed by atoms with Crippen molar-refractivity contribution >= 4 is 23.4 Å². The van der Waals surface area contributed by atoms with Gasteiger partial charge in [-0.25, -0.2) is 4.39 Å². The van der Waals surface area contributed by atoms with Crippen LogP contribution >= 0.6 is 0 Å². The summed E-state index contributed by atoms with van der Waals surface area (Å²) in [6.45, 7) is 4.33. The number of piperidine rings is 1. The second-order valence-corrected chi connectivity index (χ2v) is 11.2. The zero-order valence-corrected chi connectivity index (χ0v) is 23.3. The highest BCUT2D eigenvalue weighted by Crippen LogP contribution is 2.30. The number of rotatable bonds is 7. The molecule has 42 heavy (non-hydrogen) atoms. The average Bonchev–Trinajstić information content (AvgIpc) is 3.33. The third-order valence-corrected chi connectivity index (χ3v) is 8.58. The number of fused-ring (bicyclic) bond motifs is 1. The van der Waals surface area contributed by atoms with Gasteiger partial charge in [0.25, 0.3) is 5.91 Å². The smallest absolute Gasteiger partial charge is 0.255 e. The summed E-state index contributed by atoms with van der Waals surface area (Å²) in [5.74, 6) is -1.17. The molecule has 0 aromatic heterocycles. The second kappa shape index (κ2) is 11.7. The molecule has 9 heteroatoms. The number of anilines is 1. The molecule has 3 aromatic carbocycles. The van der Waals surface area contributed by atoms with Crippen LogP contribution in [0.2, 0.25) is 0 Å². The summed E-state index contributed by atoms with van der Waals surface area (Å²) < 4.78 is 14.4. The van der Waals surface area contributed by atoms with Crippen molar-refractivity contribution in [2.24, 2.45) is 0 Å². The molecule has 0 bridgehead atoms. The molecular formula is C33H32FN5O3. The Morgan fingerprint density at radius 2 is 1.69 bits per heavy atom. The van der Waals surface area contributed by atoms with E-state index in [1.165, 1.54) is 17.2 Å². The van der Waals surface area contributed by atoms with Crippen molar-refractivity contribution in [2.75, 3.05) is 31.1 Å². The minimum Gasteiger partial charge on any atom is -0.367 e. The fourth-order valence-electron chi connectivity index (χ4n) is 6.21. The fourth-order valence-corrected chi connectivity index (χ4v) is 6.21. The van der Waals surface area contributed by atoms with Crippen LogP contribution in [0.15, 0.2) is 60.7 Å². The third-order valence-electron chi connectivity index (χ3n) is 8.58. The van der Waals surface area contributed by atoms with Crippen LogP contribution in [0.4, 0.5) is 10.1 Å². The normalized spacial score (nSPS) is 19.0. The molecule has 0 radical (unpaired) electrons. The highest BCUT2D eigenvalue weighted by atomic mass is 19.1. The van der Waals surface area contributed by atoms with Crippen LogP contribution < -0.4 is 10.2 Å². The van der Waals surface area contributed by atoms with E-state index < -0.39 is 11.9 Å². The standard InChI is InChI=1S/C33H32FN5O3/c34-28-18-24(19-35)9-11-29(28)38-16-14-37(15-17-38)20-23-6-4-22(5-7-23)8-10-25-2-1-3-26-27(25)21-39(33(26)42)30-12-13-31(40)36-32(30)41/h1-7,9,11,18,30H,8,10,12-17,20-21H2,(H,36,40,41)/t30-/m0/s1. The molecule has 3 aliphatic heterocycles. The number of hydrogen-bond acceptors (Lipinski definition) is 6. The van der Waals surface area contributed by atoms with E-state index in [4.69, 9.17) is 5.26 Å². The lowest BCUT2D eigenvalue weighted by Gasteiger charge is -2.36. The number of halogens is 1. The van der Waals surface area contributed by atoms with Crippen LogP contribution in [0.1, 0.15) is 51.0 Å². The first-order chi connectivity index (χ1) is 20.4. The van der Waals surface area contributed by atoms with Crippen LogP contribution in [0, 0.1) is 17.1 Å². The topological polar surface area (TPSA) is 96.8 Å². The number of piperazine rings is 1. The van der Waals surface area contributed by atoms with Crippen LogP contribution in [-0.4, -0.2) is 59.7 Å². The quantitative estimate of drug-likeness (QED) is 0.440. The van der Waals surface area contributed by atoms with Gasteiger partial charge < -0.3 is 9.80 Å². The predicted octanol–water partition coefficient (Wildman–Crippen LogP) is 3.57. The molecule has 8 nitrogen and oxygen atoms in total. The van der Waals surface area contributed by atoms with E-state index in [-0.39, 0.29) is 24.1 Å². The molecule has 1 atom stereocenters. The number of nitrogens with zero attached hydrogens (tertiary/aromatic N) is 4. The van der Waals surface area contributed by atoms with E-state index in [2.05, 4.69) is 40.5 Å². The summed E-state index contributed by atoms with van der Waals surface area (Å²) in [5, 5.41) is 11.3. The fraction of sp³-hybridized carbons (Fsp3) is 0.333. The summed E-state index contributed by atoms with van der Waals surface area (Å²) in [6, 6.07) is 20.4. The van der Waals surface area contributed by atoms with Gasteiger partial charge in [0.15, 0.2) is 0 Å². The Morgan fingerprint density at radius 1 is 0.929 bits per heavy atom. The Kier molecular flexibility index (Phi) is 7.72. The van der Waals surface area contributed by atoms with Gasteiger partial charge >= 0.3 is 0 Å². The van der Waals surface area contributed by atoms with Crippen LogP contribution in [0.5, 0.6) is 0 Å². The zero-order valence-electron chi connectivity index (χ0n) is 23.3. The highest BCUT2D eigenvalue weighted by molar-refractivity contribution is 6.05. The average molecular weight is 566 g/mol. The minimum atomic E-state index is -0.608. The molecule has 3 aliphatic rings. The number of nitrogens with one attached hydrogen (secondary N) is 1. The first-order valence-corrected chi connectivity index (χ1v) is 14.4. The van der Waals surface area contributed by atoms with Gasteiger partial charge in [-0.3, -0.25) is 24.6 Å². The lowest BCUT2D eigenvalue weighted by Crippen LogP contribution is -2.52. The van der Waals surface area contributed by atoms with E-state index in [0.29, 0.717) is 29.8 Å². The number of benzene rings is 3. The van der Waals surface area contributed by atoms with Gasteiger partial charge in [0.05, 0.1) is 17.3 Å². The maximum Gasteiger partial charge on any atom is 0.255 e. The van der Waals surface area contributed by atoms with Crippen molar-refractivity contribution < 1.29 is 18.8 Å². The largest absolute Gasteiger partial charge is 0.367 e. The van der Waals surface area contributed by atoms with Crippen LogP contribution in [0.3, 0.4) is 0 Å². The molecule has 3 amide bonds. The SMILES string of the molecule is N#Cc1ccc(N2CCN(Cc3ccc(CCc4cccc5c4CN([C@H]4CCC(=O)NC4=O)C5=O)cc3)CC2)c(F)c1. The number of carbonyl (C=O) groups is 3. The molecular weight excluding hydrogens is 533 g/mol. The van der Waals surface area contributed by atoms with E-state index in [9.17, 15) is 18.8 Å². The van der Waals surface area contributed by atoms with Crippen molar-refractivity contribution in [2.45, 2.75) is 44.8 Å². The van der Waals surface area contributed by atoms with E-state index in [1.807, 2.05) is 23.1 Å². The van der Waals surface area contributed by atoms with Crippen molar-refractivity contribution in [1.29, 1.82) is 5.26 Å². The zero-order chi connectivity index (χ0) is 29.2. The van der Waals surface area contributed by atoms with Gasteiger partial charge in [0.1, 0.15) is 11.9 Å². The predicted molar refractivity (Wildman–Crippen MR) is 155 cm³/mol. The van der Waals surface area contributed by atoms with Gasteiger partial charge in [0, 0.05) is 51.3 Å². The Bertz CT molecular complexity index is 1570. The van der Waals surface area contributed by atoms with E-state index >= 15 is 0 Å². The van der Waals surface area contributed by atoms with Crippen LogP contribution in [-0.2, 0) is 35.5 Å². The molecule has 3 aromatic rings. The third kappa shape index (κ3) is 5.63. The molecule has 0 spiro atoms. The van der Waals surface area contributed by atoms with Gasteiger partial charge in [-0.05, 0) is 65.8 Å². The van der Waals surface area contributed by atoms with Gasteiger partial charge in [0.2, 0.25) is 11.8 Å². The van der Waals surface area contributed by atoms with Crippen LogP contribution in [0.25, 0.3) is 0 Å². The molecule has 2 fully saturated rings. The summed E-state index contributed by atoms with van der Waals surface area (Å²) in [6.07, 6.45) is 2.22. The number of nitriles is 1. The Balaban J connectivity index is 1.02. The summed E-state index contributed by atoms with van der Waals surface area (Å²) in [4.78, 5) is 43.1. The van der Waals surface area contributed by atoms with Crippen molar-refractivity contribution in [3.63, 3.8) is 0 Å². The lowest BCUT2D eigenvalue weighted by atomic mass is 9.97. The summed E-state index contributed by atoms with van der Waals surface area (Å²) in [7, 11) is 0. The summed E-state index contributed by atoms with van der Waals surface area (Å²) >= 11 is 0. The monoisotopic (exact) mass is 565 g/mol. The van der Waals surface area contributed by atoms with Gasteiger partial charge in [-0.15, -0.1) is 0 Å². The van der Waals surface area contributed by atoms with Crippen molar-refractivity contribution in [3.05, 3.63) is 99.9 Å².